The molecular formula is C16H18N6O2. The van der Waals surface area contributed by atoms with Gasteiger partial charge in [0.2, 0.25) is 0 Å². The summed E-state index contributed by atoms with van der Waals surface area (Å²) in [5, 5.41) is 0.463. The van der Waals surface area contributed by atoms with Crippen LogP contribution in [0.25, 0.3) is 16.7 Å². The average Bonchev–Trinajstić information content (AvgIpc) is 2.77. The lowest BCUT2D eigenvalue weighted by Gasteiger charge is -2.15. The Morgan fingerprint density at radius 2 is 1.92 bits per heavy atom. The van der Waals surface area contributed by atoms with Gasteiger partial charge in [0, 0.05) is 25.0 Å². The molecule has 0 aliphatic rings. The minimum absolute atomic E-state index is 0.150. The summed E-state index contributed by atoms with van der Waals surface area (Å²) in [6.45, 7) is 5.32. The van der Waals surface area contributed by atoms with Crippen molar-refractivity contribution in [3.63, 3.8) is 0 Å². The van der Waals surface area contributed by atoms with Gasteiger partial charge in [-0.2, -0.15) is 0 Å². The highest BCUT2D eigenvalue weighted by atomic mass is 16.1. The molecule has 0 aliphatic carbocycles. The van der Waals surface area contributed by atoms with E-state index in [1.165, 1.54) is 10.8 Å². The summed E-state index contributed by atoms with van der Waals surface area (Å²) in [5.41, 5.74) is 14.1. The van der Waals surface area contributed by atoms with Crippen molar-refractivity contribution in [1.29, 1.82) is 0 Å². The van der Waals surface area contributed by atoms with E-state index in [0.717, 1.165) is 5.56 Å². The van der Waals surface area contributed by atoms with E-state index in [1.807, 2.05) is 6.92 Å². The first-order valence-corrected chi connectivity index (χ1v) is 7.34. The Balaban J connectivity index is 2.55. The van der Waals surface area contributed by atoms with Crippen molar-refractivity contribution in [2.75, 3.05) is 5.73 Å². The Morgan fingerprint density at radius 3 is 2.54 bits per heavy atom. The number of carbonyl (C=O) groups is 1. The molecule has 0 spiro atoms. The van der Waals surface area contributed by atoms with E-state index in [2.05, 4.69) is 9.97 Å². The minimum Gasteiger partial charge on any atom is -0.384 e. The van der Waals surface area contributed by atoms with Crippen LogP contribution in [-0.2, 0) is 7.05 Å². The Bertz CT molecular complexity index is 1060. The molecule has 0 saturated carbocycles. The smallest absolute Gasteiger partial charge is 0.255 e. The number of anilines is 1. The highest BCUT2D eigenvalue weighted by Gasteiger charge is 2.24. The van der Waals surface area contributed by atoms with Crippen LogP contribution in [0.1, 0.15) is 27.3 Å². The van der Waals surface area contributed by atoms with Crippen LogP contribution in [0.15, 0.2) is 17.2 Å². The first-order valence-electron chi connectivity index (χ1n) is 7.34. The number of hydrogen-bond donors (Lipinski definition) is 2. The number of fused-ring (bicyclic) bond motifs is 1. The average molecular weight is 326 g/mol. The van der Waals surface area contributed by atoms with Gasteiger partial charge < -0.3 is 16.0 Å². The Morgan fingerprint density at radius 1 is 1.25 bits per heavy atom. The third-order valence-corrected chi connectivity index (χ3v) is 4.09. The van der Waals surface area contributed by atoms with Crippen LogP contribution in [0.2, 0.25) is 0 Å². The van der Waals surface area contributed by atoms with Gasteiger partial charge in [0.25, 0.3) is 11.5 Å². The lowest BCUT2D eigenvalue weighted by Crippen LogP contribution is -2.23. The fourth-order valence-corrected chi connectivity index (χ4v) is 3.07. The van der Waals surface area contributed by atoms with E-state index < -0.39 is 5.91 Å². The zero-order valence-electron chi connectivity index (χ0n) is 13.9. The van der Waals surface area contributed by atoms with Crippen LogP contribution < -0.4 is 17.0 Å². The minimum atomic E-state index is -0.664. The molecule has 8 heteroatoms. The van der Waals surface area contributed by atoms with Gasteiger partial charge in [-0.05, 0) is 26.3 Å². The van der Waals surface area contributed by atoms with Crippen molar-refractivity contribution in [3.8, 4) is 5.69 Å². The van der Waals surface area contributed by atoms with Crippen LogP contribution in [-0.4, -0.2) is 25.0 Å². The lowest BCUT2D eigenvalue weighted by atomic mass is 10.1. The zero-order chi connectivity index (χ0) is 17.8. The summed E-state index contributed by atoms with van der Waals surface area (Å²) in [5.74, 6) is 0.0103. The van der Waals surface area contributed by atoms with Gasteiger partial charge in [-0.1, -0.05) is 0 Å². The van der Waals surface area contributed by atoms with Gasteiger partial charge in [0.15, 0.2) is 5.65 Å². The summed E-state index contributed by atoms with van der Waals surface area (Å²) in [4.78, 5) is 32.7. The molecule has 0 aliphatic heterocycles. The van der Waals surface area contributed by atoms with Gasteiger partial charge in [-0.3, -0.25) is 14.2 Å². The molecule has 0 saturated heterocycles. The molecule has 0 fully saturated rings. The van der Waals surface area contributed by atoms with Crippen molar-refractivity contribution in [1.82, 2.24) is 19.1 Å². The van der Waals surface area contributed by atoms with Crippen LogP contribution >= 0.6 is 0 Å². The highest BCUT2D eigenvalue weighted by molar-refractivity contribution is 6.10. The molecular weight excluding hydrogens is 308 g/mol. The largest absolute Gasteiger partial charge is 0.384 e. The normalized spacial score (nSPS) is 11.2. The van der Waals surface area contributed by atoms with E-state index in [9.17, 15) is 9.59 Å². The summed E-state index contributed by atoms with van der Waals surface area (Å²) in [6.07, 6.45) is 3.24. The number of nitrogens with two attached hydrogens (primary N) is 2. The predicted molar refractivity (Wildman–Crippen MR) is 91.2 cm³/mol. The number of pyridine rings is 1. The standard InChI is InChI=1S/C16H18N6O2/c1-7-6-21(4)16(24)8(2)12(7)22-13(17)11(14(18)23)10-5-19-9(3)20-15(10)22/h5-6H,17H2,1-4H3,(H2,18,23). The summed E-state index contributed by atoms with van der Waals surface area (Å²) in [7, 11) is 1.68. The monoisotopic (exact) mass is 326 g/mol. The molecule has 3 rings (SSSR count). The molecule has 3 aromatic heterocycles. The number of amides is 1. The van der Waals surface area contributed by atoms with Gasteiger partial charge in [0.1, 0.15) is 11.6 Å². The first-order chi connectivity index (χ1) is 11.2. The van der Waals surface area contributed by atoms with Crippen LogP contribution in [0.5, 0.6) is 0 Å². The van der Waals surface area contributed by atoms with Gasteiger partial charge >= 0.3 is 0 Å². The van der Waals surface area contributed by atoms with E-state index >= 15 is 0 Å². The second-order valence-electron chi connectivity index (χ2n) is 5.82. The third-order valence-electron chi connectivity index (χ3n) is 4.09. The zero-order valence-corrected chi connectivity index (χ0v) is 13.9. The second-order valence-corrected chi connectivity index (χ2v) is 5.82. The van der Waals surface area contributed by atoms with E-state index in [-0.39, 0.29) is 16.9 Å². The Hall–Kier alpha value is -3.16. The maximum absolute atomic E-state index is 12.4. The molecule has 124 valence electrons. The number of nitrogens with zero attached hydrogens (tertiary/aromatic N) is 4. The number of aromatic nitrogens is 4. The fourth-order valence-electron chi connectivity index (χ4n) is 3.07. The molecule has 0 unspecified atom stereocenters. The molecule has 4 N–H and O–H groups in total. The molecule has 0 atom stereocenters. The number of aryl methyl sites for hydroxylation is 3. The molecule has 3 aromatic rings. The van der Waals surface area contributed by atoms with Gasteiger partial charge in [-0.25, -0.2) is 9.97 Å². The van der Waals surface area contributed by atoms with Crippen LogP contribution in [0.4, 0.5) is 5.82 Å². The maximum atomic E-state index is 12.4. The van der Waals surface area contributed by atoms with Crippen molar-refractivity contribution < 1.29 is 4.79 Å². The summed E-state index contributed by atoms with van der Waals surface area (Å²) in [6, 6.07) is 0. The molecule has 0 bridgehead atoms. The van der Waals surface area contributed by atoms with E-state index in [1.54, 1.807) is 31.7 Å². The van der Waals surface area contributed by atoms with Crippen LogP contribution in [0.3, 0.4) is 0 Å². The van der Waals surface area contributed by atoms with Crippen LogP contribution in [0, 0.1) is 20.8 Å². The SMILES string of the molecule is Cc1ncc2c(C(N)=O)c(N)n(-c3c(C)cn(C)c(=O)c3C)c2n1. The molecule has 0 radical (unpaired) electrons. The number of nitrogen functional groups attached to an aromatic ring is 1. The molecule has 24 heavy (non-hydrogen) atoms. The fraction of sp³-hybridized carbons (Fsp3) is 0.250. The maximum Gasteiger partial charge on any atom is 0.255 e. The van der Waals surface area contributed by atoms with Crippen molar-refractivity contribution in [2.45, 2.75) is 20.8 Å². The molecule has 0 aromatic carbocycles. The summed E-state index contributed by atoms with van der Waals surface area (Å²) >= 11 is 0. The van der Waals surface area contributed by atoms with Crippen molar-refractivity contribution in [3.05, 3.63) is 45.3 Å². The molecule has 3 heterocycles. The van der Waals surface area contributed by atoms with E-state index in [4.69, 9.17) is 11.5 Å². The lowest BCUT2D eigenvalue weighted by molar-refractivity contribution is 0.100. The number of carbonyl (C=O) groups excluding carboxylic acids is 1. The number of rotatable bonds is 2. The Kier molecular flexibility index (Phi) is 3.40. The number of primary amides is 1. The topological polar surface area (TPSA) is 122 Å². The van der Waals surface area contributed by atoms with E-state index in [0.29, 0.717) is 28.1 Å². The first kappa shape index (κ1) is 15.7. The molecule has 8 nitrogen and oxygen atoms in total. The quantitative estimate of drug-likeness (QED) is 0.718. The van der Waals surface area contributed by atoms with Crippen molar-refractivity contribution >= 4 is 22.8 Å². The third kappa shape index (κ3) is 2.07. The van der Waals surface area contributed by atoms with Gasteiger partial charge in [-0.15, -0.1) is 0 Å². The number of hydrogen-bond acceptors (Lipinski definition) is 5. The van der Waals surface area contributed by atoms with Crippen molar-refractivity contribution in [2.24, 2.45) is 12.8 Å². The summed E-state index contributed by atoms with van der Waals surface area (Å²) < 4.78 is 3.11. The van der Waals surface area contributed by atoms with Gasteiger partial charge in [0.05, 0.1) is 16.6 Å². The predicted octanol–water partition coefficient (Wildman–Crippen LogP) is 0.726. The highest BCUT2D eigenvalue weighted by Crippen LogP contribution is 2.31. The Labute approximate surface area is 137 Å². The second kappa shape index (κ2) is 5.19. The molecule has 1 amide bonds.